The van der Waals surface area contributed by atoms with E-state index >= 15 is 0 Å². The first-order chi connectivity index (χ1) is 17.0. The predicted molar refractivity (Wildman–Crippen MR) is 138 cm³/mol. The van der Waals surface area contributed by atoms with Gasteiger partial charge in [-0.1, -0.05) is 72.8 Å². The summed E-state index contributed by atoms with van der Waals surface area (Å²) in [5.41, 5.74) is 3.06. The molecule has 0 aliphatic heterocycles. The van der Waals surface area contributed by atoms with E-state index in [1.807, 2.05) is 36.4 Å². The highest BCUT2D eigenvalue weighted by Gasteiger charge is 2.25. The van der Waals surface area contributed by atoms with Crippen LogP contribution in [0.2, 0.25) is 0 Å². The lowest BCUT2D eigenvalue weighted by molar-refractivity contribution is -0.118. The second-order valence-electron chi connectivity index (χ2n) is 9.07. The van der Waals surface area contributed by atoms with Gasteiger partial charge in [0.15, 0.2) is 5.52 Å². The summed E-state index contributed by atoms with van der Waals surface area (Å²) in [7, 11) is 0. The zero-order valence-corrected chi connectivity index (χ0v) is 20.0. The second-order valence-corrected chi connectivity index (χ2v) is 9.07. The van der Waals surface area contributed by atoms with Gasteiger partial charge < -0.3 is 4.98 Å². The Hall–Kier alpha value is -4.06. The molecular weight excluding hydrogens is 436 g/mol. The molecular formula is C29H28N4O2. The summed E-state index contributed by atoms with van der Waals surface area (Å²) in [5, 5.41) is 7.04. The van der Waals surface area contributed by atoms with Crippen LogP contribution in [0.3, 0.4) is 0 Å². The van der Waals surface area contributed by atoms with Crippen LogP contribution in [0.5, 0.6) is 0 Å². The first kappa shape index (κ1) is 22.7. The van der Waals surface area contributed by atoms with Crippen LogP contribution in [0, 0.1) is 6.92 Å². The first-order valence-electron chi connectivity index (χ1n) is 12.0. The summed E-state index contributed by atoms with van der Waals surface area (Å²) in [4.78, 5) is 33.3. The molecule has 0 aliphatic rings. The van der Waals surface area contributed by atoms with E-state index in [4.69, 9.17) is 5.10 Å². The molecule has 0 fully saturated rings. The van der Waals surface area contributed by atoms with Gasteiger partial charge >= 0.3 is 0 Å². The topological polar surface area (TPSA) is 80.1 Å². The number of imidazole rings is 1. The number of H-pyrrole nitrogens is 1. The molecule has 0 radical (unpaired) electrons. The third kappa shape index (κ3) is 4.64. The molecule has 0 amide bonds. The molecule has 3 aromatic carbocycles. The van der Waals surface area contributed by atoms with E-state index in [1.165, 1.54) is 5.56 Å². The zero-order chi connectivity index (χ0) is 24.4. The molecule has 2 heterocycles. The molecule has 176 valence electrons. The Labute approximate surface area is 203 Å². The lowest BCUT2D eigenvalue weighted by atomic mass is 9.95. The normalized spacial score (nSPS) is 12.3. The molecule has 35 heavy (non-hydrogen) atoms. The van der Waals surface area contributed by atoms with Crippen LogP contribution in [0.1, 0.15) is 54.2 Å². The van der Waals surface area contributed by atoms with Crippen molar-refractivity contribution in [1.82, 2.24) is 19.6 Å². The number of hydrogen-bond acceptors (Lipinski definition) is 4. The summed E-state index contributed by atoms with van der Waals surface area (Å²) in [6.07, 6.45) is 2.85. The summed E-state index contributed by atoms with van der Waals surface area (Å²) >= 11 is 0. The molecule has 6 nitrogen and oxygen atoms in total. The van der Waals surface area contributed by atoms with E-state index in [9.17, 15) is 9.59 Å². The number of benzene rings is 3. The third-order valence-corrected chi connectivity index (χ3v) is 6.59. The minimum Gasteiger partial charge on any atom is -0.307 e. The fourth-order valence-electron chi connectivity index (χ4n) is 4.84. The summed E-state index contributed by atoms with van der Waals surface area (Å²) in [6.45, 7) is 3.38. The molecule has 0 spiro atoms. The van der Waals surface area contributed by atoms with Crippen molar-refractivity contribution in [1.29, 1.82) is 0 Å². The monoisotopic (exact) mass is 464 g/mol. The van der Waals surface area contributed by atoms with Crippen molar-refractivity contribution in [2.24, 2.45) is 0 Å². The number of fused-ring (bicyclic) bond motifs is 2. The number of aromatic nitrogens is 4. The molecule has 5 rings (SSSR count). The van der Waals surface area contributed by atoms with E-state index in [0.717, 1.165) is 29.2 Å². The maximum atomic E-state index is 13.0. The van der Waals surface area contributed by atoms with E-state index < -0.39 is 5.92 Å². The van der Waals surface area contributed by atoms with E-state index in [2.05, 4.69) is 46.4 Å². The fraction of sp³-hybridized carbons (Fsp3) is 0.241. The van der Waals surface area contributed by atoms with Crippen LogP contribution in [-0.2, 0) is 17.6 Å². The highest BCUT2D eigenvalue weighted by molar-refractivity contribution is 5.86. The molecule has 6 heteroatoms. The highest BCUT2D eigenvalue weighted by Crippen LogP contribution is 2.25. The first-order valence-corrected chi connectivity index (χ1v) is 12.0. The number of hydrogen-bond donors (Lipinski definition) is 1. The number of carbonyl (C=O) groups is 1. The number of Topliss-reactive ketones (excluding diaryl/α,β-unsaturated/α-hetero) is 1. The molecule has 0 saturated heterocycles. The third-order valence-electron chi connectivity index (χ3n) is 6.59. The minimum atomic E-state index is -0.417. The molecule has 1 N–H and O–H groups in total. The highest BCUT2D eigenvalue weighted by atomic mass is 16.1. The minimum absolute atomic E-state index is 0.0302. The average molecular weight is 465 g/mol. The van der Waals surface area contributed by atoms with Gasteiger partial charge in [-0.2, -0.15) is 5.10 Å². The predicted octanol–water partition coefficient (Wildman–Crippen LogP) is 5.17. The largest absolute Gasteiger partial charge is 0.307 e. The van der Waals surface area contributed by atoms with Crippen LogP contribution in [0.15, 0.2) is 77.6 Å². The summed E-state index contributed by atoms with van der Waals surface area (Å²) in [6, 6.07) is 24.5. The smallest absolute Gasteiger partial charge is 0.277 e. The molecule has 0 saturated carbocycles. The molecule has 1 atom stereocenters. The van der Waals surface area contributed by atoms with Crippen LogP contribution >= 0.6 is 0 Å². The molecule has 2 aromatic heterocycles. The molecule has 0 bridgehead atoms. The number of carbonyl (C=O) groups excluding carboxylic acids is 1. The van der Waals surface area contributed by atoms with Crippen LogP contribution in [0.4, 0.5) is 0 Å². The lowest BCUT2D eigenvalue weighted by Crippen LogP contribution is -2.20. The molecule has 0 aliphatic carbocycles. The number of nitrogens with one attached hydrogen (secondary N) is 1. The number of rotatable bonds is 8. The average Bonchev–Trinajstić information content (AvgIpc) is 3.18. The maximum absolute atomic E-state index is 13.0. The number of ketones is 1. The van der Waals surface area contributed by atoms with Gasteiger partial charge in [0, 0.05) is 6.42 Å². The Morgan fingerprint density at radius 1 is 1.00 bits per heavy atom. The van der Waals surface area contributed by atoms with E-state index in [1.54, 1.807) is 18.4 Å². The Morgan fingerprint density at radius 2 is 1.74 bits per heavy atom. The Morgan fingerprint density at radius 3 is 2.54 bits per heavy atom. The van der Waals surface area contributed by atoms with Gasteiger partial charge in [-0.3, -0.25) is 9.59 Å². The van der Waals surface area contributed by atoms with Crippen molar-refractivity contribution in [3.05, 3.63) is 112 Å². The second kappa shape index (κ2) is 9.66. The van der Waals surface area contributed by atoms with Crippen molar-refractivity contribution < 1.29 is 4.79 Å². The number of aryl methyl sites for hydroxylation is 2. The van der Waals surface area contributed by atoms with Crippen molar-refractivity contribution in [2.45, 2.75) is 45.4 Å². The van der Waals surface area contributed by atoms with Gasteiger partial charge in [0.1, 0.15) is 17.4 Å². The standard InChI is InChI=1S/C29H28N4O2/c1-19-27-29(35)31-26(18-23-15-9-14-22-13-6-7-16-25(22)23)32-33(27)28(30-19)24(20(2)34)17-8-12-21-10-4-3-5-11-21/h3-7,9-11,13-16,24H,8,12,17-18H2,1-2H3,(H,31,32,35). The summed E-state index contributed by atoms with van der Waals surface area (Å²) in [5.74, 6) is 0.703. The van der Waals surface area contributed by atoms with E-state index in [0.29, 0.717) is 35.7 Å². The summed E-state index contributed by atoms with van der Waals surface area (Å²) < 4.78 is 1.60. The molecule has 5 aromatic rings. The Bertz CT molecular complexity index is 1560. The van der Waals surface area contributed by atoms with Crippen molar-refractivity contribution >= 4 is 22.1 Å². The van der Waals surface area contributed by atoms with Gasteiger partial charge in [0.2, 0.25) is 0 Å². The number of nitrogens with zero attached hydrogens (tertiary/aromatic N) is 3. The van der Waals surface area contributed by atoms with Crippen molar-refractivity contribution in [3.8, 4) is 0 Å². The van der Waals surface area contributed by atoms with Gasteiger partial charge in [0.25, 0.3) is 5.56 Å². The van der Waals surface area contributed by atoms with E-state index in [-0.39, 0.29) is 11.3 Å². The fourth-order valence-corrected chi connectivity index (χ4v) is 4.84. The van der Waals surface area contributed by atoms with Crippen LogP contribution in [-0.4, -0.2) is 25.4 Å². The SMILES string of the molecule is CC(=O)C(CCCc1ccccc1)c1nc(C)c2c(=O)[nH]c(Cc3cccc4ccccc34)nn12. The maximum Gasteiger partial charge on any atom is 0.277 e. The van der Waals surface area contributed by atoms with Gasteiger partial charge in [0.05, 0.1) is 11.6 Å². The van der Waals surface area contributed by atoms with Gasteiger partial charge in [-0.05, 0) is 55.0 Å². The van der Waals surface area contributed by atoms with Gasteiger partial charge in [-0.15, -0.1) is 0 Å². The van der Waals surface area contributed by atoms with Crippen LogP contribution in [0.25, 0.3) is 16.3 Å². The van der Waals surface area contributed by atoms with Crippen molar-refractivity contribution in [2.75, 3.05) is 0 Å². The Kier molecular flexibility index (Phi) is 6.27. The quantitative estimate of drug-likeness (QED) is 0.344. The number of aromatic amines is 1. The molecule has 1 unspecified atom stereocenters. The lowest BCUT2D eigenvalue weighted by Gasteiger charge is -2.13. The van der Waals surface area contributed by atoms with Gasteiger partial charge in [-0.25, -0.2) is 9.50 Å². The Balaban J connectivity index is 1.49. The van der Waals surface area contributed by atoms with Crippen molar-refractivity contribution in [3.63, 3.8) is 0 Å². The zero-order valence-electron chi connectivity index (χ0n) is 20.0. The van der Waals surface area contributed by atoms with Crippen LogP contribution < -0.4 is 5.56 Å².